The number of carbonyl (C=O) groups is 2. The first-order chi connectivity index (χ1) is 11.7. The maximum absolute atomic E-state index is 12.9. The Hall–Kier alpha value is -1.30. The number of carbonyl (C=O) groups excluding carboxylic acids is 2. The molecule has 2 atom stereocenters. The van der Waals surface area contributed by atoms with Crippen LogP contribution in [0.25, 0.3) is 0 Å². The van der Waals surface area contributed by atoms with E-state index in [4.69, 9.17) is 0 Å². The lowest BCUT2D eigenvalue weighted by Crippen LogP contribution is -2.52. The molecule has 0 aromatic carbocycles. The number of amides is 3. The molecule has 3 fully saturated rings. The highest BCUT2D eigenvalue weighted by Crippen LogP contribution is 2.25. The zero-order valence-corrected chi connectivity index (χ0v) is 14.9. The molecule has 0 bridgehead atoms. The summed E-state index contributed by atoms with van der Waals surface area (Å²) in [6.07, 6.45) is 8.65. The van der Waals surface area contributed by atoms with Crippen molar-refractivity contribution in [1.82, 2.24) is 20.4 Å². The molecule has 6 heteroatoms. The second-order valence-electron chi connectivity index (χ2n) is 7.60. The van der Waals surface area contributed by atoms with Crippen LogP contribution in [0.2, 0.25) is 0 Å². The minimum atomic E-state index is -0.0227. The monoisotopic (exact) mass is 336 g/mol. The van der Waals surface area contributed by atoms with Gasteiger partial charge in [-0.3, -0.25) is 4.79 Å². The van der Waals surface area contributed by atoms with Gasteiger partial charge in [-0.05, 0) is 45.6 Å². The first-order valence-electron chi connectivity index (χ1n) is 9.69. The average Bonchev–Trinajstić information content (AvgIpc) is 3.26. The number of likely N-dealkylation sites (tertiary alicyclic amines) is 2. The van der Waals surface area contributed by atoms with E-state index in [9.17, 15) is 9.59 Å². The van der Waals surface area contributed by atoms with Gasteiger partial charge < -0.3 is 20.4 Å². The summed E-state index contributed by atoms with van der Waals surface area (Å²) in [5.74, 6) is 0.233. The van der Waals surface area contributed by atoms with E-state index in [0.717, 1.165) is 58.2 Å². The summed E-state index contributed by atoms with van der Waals surface area (Å²) in [6.45, 7) is 3.10. The van der Waals surface area contributed by atoms with E-state index in [1.54, 1.807) is 0 Å². The van der Waals surface area contributed by atoms with Crippen LogP contribution < -0.4 is 10.6 Å². The molecule has 2 saturated heterocycles. The van der Waals surface area contributed by atoms with Crippen LogP contribution in [0.3, 0.4) is 0 Å². The average molecular weight is 336 g/mol. The number of likely N-dealkylation sites (N-methyl/N-ethyl adjacent to an activating group) is 1. The molecule has 0 radical (unpaired) electrons. The van der Waals surface area contributed by atoms with Crippen LogP contribution in [0, 0.1) is 5.92 Å². The summed E-state index contributed by atoms with van der Waals surface area (Å²) in [7, 11) is 1.94. The van der Waals surface area contributed by atoms with Crippen molar-refractivity contribution in [3.63, 3.8) is 0 Å². The van der Waals surface area contributed by atoms with Gasteiger partial charge in [0, 0.05) is 38.3 Å². The van der Waals surface area contributed by atoms with Gasteiger partial charge in [-0.15, -0.1) is 0 Å². The standard InChI is InChI=1S/C18H32N4O2/c1-19-12-16-9-5-11-22(16)17(23)14-6-4-10-21(13-14)18(24)20-15-7-2-3-8-15/h14-16,19H,2-13H2,1H3,(H,20,24). The molecule has 2 heterocycles. The fourth-order valence-electron chi connectivity index (χ4n) is 4.51. The summed E-state index contributed by atoms with van der Waals surface area (Å²) < 4.78 is 0. The van der Waals surface area contributed by atoms with Crippen molar-refractivity contribution in [3.05, 3.63) is 0 Å². The number of nitrogens with one attached hydrogen (secondary N) is 2. The van der Waals surface area contributed by atoms with Crippen molar-refractivity contribution in [3.8, 4) is 0 Å². The molecule has 6 nitrogen and oxygen atoms in total. The van der Waals surface area contributed by atoms with Crippen molar-refractivity contribution >= 4 is 11.9 Å². The Bertz CT molecular complexity index is 450. The van der Waals surface area contributed by atoms with Crippen LogP contribution in [-0.4, -0.2) is 67.0 Å². The largest absolute Gasteiger partial charge is 0.338 e. The summed E-state index contributed by atoms with van der Waals surface area (Å²) in [4.78, 5) is 29.4. The van der Waals surface area contributed by atoms with Crippen molar-refractivity contribution in [2.45, 2.75) is 63.5 Å². The van der Waals surface area contributed by atoms with Gasteiger partial charge in [0.15, 0.2) is 0 Å². The van der Waals surface area contributed by atoms with Gasteiger partial charge in [0.05, 0.1) is 5.92 Å². The smallest absolute Gasteiger partial charge is 0.317 e. The molecule has 3 aliphatic rings. The summed E-state index contributed by atoms with van der Waals surface area (Å²) in [6, 6.07) is 0.699. The van der Waals surface area contributed by atoms with Crippen molar-refractivity contribution in [2.75, 3.05) is 33.2 Å². The van der Waals surface area contributed by atoms with Gasteiger partial charge in [-0.25, -0.2) is 4.79 Å². The van der Waals surface area contributed by atoms with E-state index >= 15 is 0 Å². The number of hydrogen-bond acceptors (Lipinski definition) is 3. The van der Waals surface area contributed by atoms with Gasteiger partial charge in [0.1, 0.15) is 0 Å². The quantitative estimate of drug-likeness (QED) is 0.819. The first kappa shape index (κ1) is 17.5. The second kappa shape index (κ2) is 8.19. The summed E-state index contributed by atoms with van der Waals surface area (Å²) in [5.41, 5.74) is 0. The predicted molar refractivity (Wildman–Crippen MR) is 93.7 cm³/mol. The molecule has 0 spiro atoms. The zero-order valence-electron chi connectivity index (χ0n) is 14.9. The Kier molecular flexibility index (Phi) is 5.98. The fraction of sp³-hybridized carbons (Fsp3) is 0.889. The summed E-state index contributed by atoms with van der Waals surface area (Å²) in [5, 5.41) is 6.36. The highest BCUT2D eigenvalue weighted by atomic mass is 16.2. The van der Waals surface area contributed by atoms with Crippen LogP contribution in [0.4, 0.5) is 4.79 Å². The minimum absolute atomic E-state index is 0.0227. The second-order valence-corrected chi connectivity index (χ2v) is 7.60. The lowest BCUT2D eigenvalue weighted by molar-refractivity contribution is -0.137. The van der Waals surface area contributed by atoms with Crippen molar-refractivity contribution < 1.29 is 9.59 Å². The maximum Gasteiger partial charge on any atom is 0.317 e. The molecular weight excluding hydrogens is 304 g/mol. The number of piperidine rings is 1. The van der Waals surface area contributed by atoms with E-state index in [1.807, 2.05) is 11.9 Å². The molecule has 0 aromatic heterocycles. The van der Waals surface area contributed by atoms with Crippen molar-refractivity contribution in [1.29, 1.82) is 0 Å². The van der Waals surface area contributed by atoms with Crippen LogP contribution in [0.1, 0.15) is 51.4 Å². The number of urea groups is 1. The third kappa shape index (κ3) is 4.02. The third-order valence-corrected chi connectivity index (χ3v) is 5.84. The molecule has 2 N–H and O–H groups in total. The van der Waals surface area contributed by atoms with Gasteiger partial charge >= 0.3 is 6.03 Å². The molecule has 24 heavy (non-hydrogen) atoms. The molecule has 2 unspecified atom stereocenters. The Morgan fingerprint density at radius 2 is 1.75 bits per heavy atom. The Labute approximate surface area is 145 Å². The predicted octanol–water partition coefficient (Wildman–Crippen LogP) is 1.56. The van der Waals surface area contributed by atoms with E-state index in [0.29, 0.717) is 18.6 Å². The molecule has 1 aliphatic carbocycles. The minimum Gasteiger partial charge on any atom is -0.338 e. The zero-order chi connectivity index (χ0) is 16.9. The Balaban J connectivity index is 1.54. The number of hydrogen-bond donors (Lipinski definition) is 2. The maximum atomic E-state index is 12.9. The lowest BCUT2D eigenvalue weighted by atomic mass is 9.96. The molecule has 3 rings (SSSR count). The molecule has 136 valence electrons. The summed E-state index contributed by atoms with van der Waals surface area (Å²) >= 11 is 0. The van der Waals surface area contributed by atoms with E-state index in [-0.39, 0.29) is 17.9 Å². The highest BCUT2D eigenvalue weighted by molar-refractivity contribution is 5.81. The van der Waals surface area contributed by atoms with Crippen LogP contribution in [0.5, 0.6) is 0 Å². The molecule has 2 aliphatic heterocycles. The SMILES string of the molecule is CNCC1CCCN1C(=O)C1CCCN(C(=O)NC2CCCC2)C1. The van der Waals surface area contributed by atoms with Gasteiger partial charge in [0.2, 0.25) is 5.91 Å². The van der Waals surface area contributed by atoms with Gasteiger partial charge in [-0.1, -0.05) is 12.8 Å². The van der Waals surface area contributed by atoms with Gasteiger partial charge in [-0.2, -0.15) is 0 Å². The normalized spacial score (nSPS) is 28.4. The molecular formula is C18H32N4O2. The first-order valence-corrected chi connectivity index (χ1v) is 9.69. The van der Waals surface area contributed by atoms with Crippen LogP contribution >= 0.6 is 0 Å². The third-order valence-electron chi connectivity index (χ3n) is 5.84. The van der Waals surface area contributed by atoms with Crippen molar-refractivity contribution in [2.24, 2.45) is 5.92 Å². The number of nitrogens with zero attached hydrogens (tertiary/aromatic N) is 2. The van der Waals surface area contributed by atoms with Crippen LogP contribution in [0.15, 0.2) is 0 Å². The number of rotatable bonds is 4. The molecule has 3 amide bonds. The van der Waals surface area contributed by atoms with E-state index in [1.165, 1.54) is 12.8 Å². The highest BCUT2D eigenvalue weighted by Gasteiger charge is 2.36. The molecule has 0 aromatic rings. The molecule has 1 saturated carbocycles. The Morgan fingerprint density at radius 3 is 2.50 bits per heavy atom. The lowest BCUT2D eigenvalue weighted by Gasteiger charge is -2.36. The van der Waals surface area contributed by atoms with Gasteiger partial charge in [0.25, 0.3) is 0 Å². The fourth-order valence-corrected chi connectivity index (χ4v) is 4.51. The topological polar surface area (TPSA) is 64.7 Å². The van der Waals surface area contributed by atoms with Crippen LogP contribution in [-0.2, 0) is 4.79 Å². The Morgan fingerprint density at radius 1 is 1.00 bits per heavy atom. The van der Waals surface area contributed by atoms with E-state index in [2.05, 4.69) is 15.5 Å². The van der Waals surface area contributed by atoms with E-state index < -0.39 is 0 Å².